The van der Waals surface area contributed by atoms with Gasteiger partial charge < -0.3 is 0 Å². The quantitative estimate of drug-likeness (QED) is 0.599. The molecule has 76 valence electrons. The highest BCUT2D eigenvalue weighted by atomic mass is 28.3. The van der Waals surface area contributed by atoms with Crippen LogP contribution in [0.4, 0.5) is 0 Å². The van der Waals surface area contributed by atoms with Gasteiger partial charge in [-0.15, -0.1) is 0 Å². The summed E-state index contributed by atoms with van der Waals surface area (Å²) in [4.78, 5) is 0. The van der Waals surface area contributed by atoms with Crippen molar-refractivity contribution in [3.63, 3.8) is 0 Å². The van der Waals surface area contributed by atoms with Gasteiger partial charge in [0.2, 0.25) is 0 Å². The number of allylic oxidation sites excluding steroid dienone is 2. The molecule has 0 aromatic heterocycles. The fraction of sp³-hybridized carbons (Fsp3) is 0.818. The molecule has 0 aromatic rings. The molecule has 1 unspecified atom stereocenters. The minimum Gasteiger partial charge on any atom is -0.0887 e. The lowest BCUT2D eigenvalue weighted by molar-refractivity contribution is 0.888. The van der Waals surface area contributed by atoms with Crippen molar-refractivity contribution in [2.45, 2.75) is 57.7 Å². The highest BCUT2D eigenvalue weighted by molar-refractivity contribution is 6.84. The van der Waals surface area contributed by atoms with Gasteiger partial charge in [-0.3, -0.25) is 0 Å². The molecule has 0 nitrogen and oxygen atoms in total. The molecular formula is C11H24Si2. The first-order valence-corrected chi connectivity index (χ1v) is 12.5. The Labute approximate surface area is 85.5 Å². The normalized spacial score (nSPS) is 24.8. The fourth-order valence-corrected chi connectivity index (χ4v) is 5.50. The molecule has 0 amide bonds. The smallest absolute Gasteiger partial charge is 0.0720 e. The van der Waals surface area contributed by atoms with Gasteiger partial charge in [0.1, 0.15) is 0 Å². The van der Waals surface area contributed by atoms with Crippen molar-refractivity contribution in [1.29, 1.82) is 0 Å². The van der Waals surface area contributed by atoms with Crippen molar-refractivity contribution in [3.8, 4) is 0 Å². The Bertz CT molecular complexity index is 215. The summed E-state index contributed by atoms with van der Waals surface area (Å²) in [5.74, 6) is 0. The second-order valence-electron chi connectivity index (χ2n) is 6.45. The Morgan fingerprint density at radius 3 is 1.85 bits per heavy atom. The minimum absolute atomic E-state index is 0.899. The van der Waals surface area contributed by atoms with E-state index in [9.17, 15) is 0 Å². The van der Waals surface area contributed by atoms with Crippen LogP contribution in [-0.2, 0) is 0 Å². The zero-order valence-corrected chi connectivity index (χ0v) is 12.1. The van der Waals surface area contributed by atoms with E-state index in [4.69, 9.17) is 0 Å². The molecule has 0 heterocycles. The van der Waals surface area contributed by atoms with E-state index >= 15 is 0 Å². The molecule has 0 aromatic carbocycles. The molecule has 0 aliphatic heterocycles. The third-order valence-corrected chi connectivity index (χ3v) is 8.23. The second kappa shape index (κ2) is 3.39. The lowest BCUT2D eigenvalue weighted by Crippen LogP contribution is -2.25. The van der Waals surface area contributed by atoms with E-state index in [-0.39, 0.29) is 0 Å². The van der Waals surface area contributed by atoms with Crippen molar-refractivity contribution in [1.82, 2.24) is 0 Å². The van der Waals surface area contributed by atoms with Gasteiger partial charge in [0, 0.05) is 0 Å². The summed E-state index contributed by atoms with van der Waals surface area (Å²) in [5, 5.41) is 1.83. The van der Waals surface area contributed by atoms with Crippen molar-refractivity contribution in [2.24, 2.45) is 0 Å². The van der Waals surface area contributed by atoms with Gasteiger partial charge in [0.05, 0.1) is 16.1 Å². The topological polar surface area (TPSA) is 0 Å². The first-order valence-electron chi connectivity index (χ1n) is 5.42. The van der Waals surface area contributed by atoms with Gasteiger partial charge in [-0.1, -0.05) is 50.6 Å². The van der Waals surface area contributed by atoms with E-state index in [0.717, 1.165) is 5.54 Å². The van der Waals surface area contributed by atoms with E-state index in [1.807, 2.05) is 5.20 Å². The van der Waals surface area contributed by atoms with Gasteiger partial charge in [-0.05, 0) is 18.4 Å². The molecule has 0 radical (unpaired) electrons. The molecule has 0 saturated carbocycles. The third kappa shape index (κ3) is 2.81. The van der Waals surface area contributed by atoms with Crippen molar-refractivity contribution in [2.75, 3.05) is 0 Å². The molecule has 0 bridgehead atoms. The monoisotopic (exact) mass is 212 g/mol. The number of hydrogen-bond acceptors (Lipinski definition) is 0. The summed E-state index contributed by atoms with van der Waals surface area (Å²) in [6.07, 6.45) is 5.51. The van der Waals surface area contributed by atoms with Crippen LogP contribution in [0.3, 0.4) is 0 Å². The fourth-order valence-electron chi connectivity index (χ4n) is 2.03. The van der Waals surface area contributed by atoms with Crippen LogP contribution in [0.2, 0.25) is 44.8 Å². The third-order valence-electron chi connectivity index (χ3n) is 3.20. The summed E-state index contributed by atoms with van der Waals surface area (Å²) in [6.45, 7) is 14.9. The molecule has 1 atom stereocenters. The van der Waals surface area contributed by atoms with E-state index in [2.05, 4.69) is 45.4 Å². The SMILES string of the molecule is C[Si](C)(C)C1=CC([Si](C)(C)C)CC1. The zero-order valence-electron chi connectivity index (χ0n) is 10.1. The maximum Gasteiger partial charge on any atom is 0.0720 e. The first kappa shape index (κ1) is 11.2. The van der Waals surface area contributed by atoms with E-state index in [1.54, 1.807) is 0 Å². The highest BCUT2D eigenvalue weighted by Gasteiger charge is 2.32. The lowest BCUT2D eigenvalue weighted by Gasteiger charge is -2.22. The maximum absolute atomic E-state index is 2.65. The van der Waals surface area contributed by atoms with Crippen LogP contribution in [0.15, 0.2) is 11.3 Å². The summed E-state index contributed by atoms with van der Waals surface area (Å²) < 4.78 is 0. The van der Waals surface area contributed by atoms with E-state index in [0.29, 0.717) is 0 Å². The van der Waals surface area contributed by atoms with Crippen LogP contribution >= 0.6 is 0 Å². The molecule has 2 heteroatoms. The molecule has 0 saturated heterocycles. The predicted octanol–water partition coefficient (Wildman–Crippen LogP) is 4.29. The molecule has 1 aliphatic rings. The van der Waals surface area contributed by atoms with Gasteiger partial charge in [0.15, 0.2) is 0 Å². The van der Waals surface area contributed by atoms with E-state index < -0.39 is 16.1 Å². The first-order chi connectivity index (χ1) is 5.71. The summed E-state index contributed by atoms with van der Waals surface area (Å²) >= 11 is 0. The standard InChI is InChI=1S/C11H24Si2/c1-12(2,3)10-7-8-11(9-10)13(4,5)6/h9-10H,7-8H2,1-6H3. The Morgan fingerprint density at radius 2 is 1.62 bits per heavy atom. The summed E-state index contributed by atoms with van der Waals surface area (Å²) in [7, 11) is -1.86. The van der Waals surface area contributed by atoms with Crippen LogP contribution in [-0.4, -0.2) is 16.1 Å². The van der Waals surface area contributed by atoms with Crippen LogP contribution in [0.5, 0.6) is 0 Å². The van der Waals surface area contributed by atoms with Gasteiger partial charge >= 0.3 is 0 Å². The van der Waals surface area contributed by atoms with Crippen molar-refractivity contribution in [3.05, 3.63) is 11.3 Å². The molecular weight excluding hydrogens is 188 g/mol. The second-order valence-corrected chi connectivity index (χ2v) is 17.1. The Balaban J connectivity index is 2.76. The summed E-state index contributed by atoms with van der Waals surface area (Å²) in [5.41, 5.74) is 0.967. The van der Waals surface area contributed by atoms with Crippen molar-refractivity contribution < 1.29 is 0 Å². The predicted molar refractivity (Wildman–Crippen MR) is 67.8 cm³/mol. The van der Waals surface area contributed by atoms with Gasteiger partial charge in [-0.25, -0.2) is 0 Å². The zero-order chi connectivity index (χ0) is 10.3. The average Bonchev–Trinajstić information content (AvgIpc) is 2.28. The van der Waals surface area contributed by atoms with Gasteiger partial charge in [0.25, 0.3) is 0 Å². The Morgan fingerprint density at radius 1 is 1.08 bits per heavy atom. The molecule has 1 aliphatic carbocycles. The van der Waals surface area contributed by atoms with Crippen LogP contribution in [0.25, 0.3) is 0 Å². The largest absolute Gasteiger partial charge is 0.0887 e. The highest BCUT2D eigenvalue weighted by Crippen LogP contribution is 2.39. The van der Waals surface area contributed by atoms with Crippen LogP contribution < -0.4 is 0 Å². The molecule has 13 heavy (non-hydrogen) atoms. The van der Waals surface area contributed by atoms with Crippen LogP contribution in [0, 0.1) is 0 Å². The molecule has 1 rings (SSSR count). The summed E-state index contributed by atoms with van der Waals surface area (Å²) in [6, 6.07) is 0. The average molecular weight is 212 g/mol. The Hall–Kier alpha value is 0.174. The molecule has 0 N–H and O–H groups in total. The minimum atomic E-state index is -0.961. The Kier molecular flexibility index (Phi) is 2.93. The molecule has 0 fully saturated rings. The van der Waals surface area contributed by atoms with Crippen LogP contribution in [0.1, 0.15) is 12.8 Å². The lowest BCUT2D eigenvalue weighted by atomic mass is 10.3. The maximum atomic E-state index is 2.65. The number of rotatable bonds is 2. The van der Waals surface area contributed by atoms with Gasteiger partial charge in [-0.2, -0.15) is 0 Å². The van der Waals surface area contributed by atoms with Crippen molar-refractivity contribution >= 4 is 16.1 Å². The number of hydrogen-bond donors (Lipinski definition) is 0. The van der Waals surface area contributed by atoms with E-state index in [1.165, 1.54) is 12.8 Å². The molecule has 0 spiro atoms.